The normalized spacial score (nSPS) is 12.8. The molecule has 0 heterocycles. The highest BCUT2D eigenvalue weighted by Crippen LogP contribution is 2.12. The van der Waals surface area contributed by atoms with Crippen molar-refractivity contribution in [1.29, 1.82) is 0 Å². The number of nitrogens with two attached hydrogens (primary N) is 1. The molecule has 0 aliphatic heterocycles. The van der Waals surface area contributed by atoms with Crippen LogP contribution >= 0.6 is 0 Å². The Hall–Kier alpha value is -1.02. The van der Waals surface area contributed by atoms with E-state index in [1.165, 1.54) is 5.56 Å². The molecule has 1 rings (SSSR count). The predicted octanol–water partition coefficient (Wildman–Crippen LogP) is 1.53. The number of phenols is 1. The summed E-state index contributed by atoms with van der Waals surface area (Å²) in [7, 11) is 0. The Balaban J connectivity index is 2.58. The lowest BCUT2D eigenvalue weighted by Gasteiger charge is -2.07. The van der Waals surface area contributed by atoms with Gasteiger partial charge in [-0.3, -0.25) is 0 Å². The summed E-state index contributed by atoms with van der Waals surface area (Å²) in [5, 5.41) is 9.02. The highest BCUT2D eigenvalue weighted by atomic mass is 16.3. The Labute approximate surface area is 73.0 Å². The van der Waals surface area contributed by atoms with Crippen LogP contribution in [0.3, 0.4) is 0 Å². The van der Waals surface area contributed by atoms with Gasteiger partial charge in [-0.2, -0.15) is 0 Å². The molecular formula is C10H15NO. The zero-order valence-electron chi connectivity index (χ0n) is 7.33. The fourth-order valence-corrected chi connectivity index (χ4v) is 1.12. The van der Waals surface area contributed by atoms with E-state index in [1.54, 1.807) is 12.1 Å². The largest absolute Gasteiger partial charge is 0.508 e. The van der Waals surface area contributed by atoms with E-state index in [4.69, 9.17) is 10.8 Å². The topological polar surface area (TPSA) is 46.2 Å². The summed E-state index contributed by atoms with van der Waals surface area (Å²) >= 11 is 0. The van der Waals surface area contributed by atoms with Crippen molar-refractivity contribution < 1.29 is 5.11 Å². The van der Waals surface area contributed by atoms with Crippen molar-refractivity contribution >= 4 is 0 Å². The van der Waals surface area contributed by atoms with E-state index >= 15 is 0 Å². The average Bonchev–Trinajstić information content (AvgIpc) is 2.09. The molecule has 3 N–H and O–H groups in total. The van der Waals surface area contributed by atoms with Crippen molar-refractivity contribution in [3.63, 3.8) is 0 Å². The molecular weight excluding hydrogens is 150 g/mol. The summed E-state index contributed by atoms with van der Waals surface area (Å²) < 4.78 is 0. The van der Waals surface area contributed by atoms with Crippen molar-refractivity contribution in [2.24, 2.45) is 11.7 Å². The van der Waals surface area contributed by atoms with E-state index in [0.29, 0.717) is 18.2 Å². The molecule has 12 heavy (non-hydrogen) atoms. The first-order valence-corrected chi connectivity index (χ1v) is 4.20. The Morgan fingerprint density at radius 1 is 1.33 bits per heavy atom. The number of phenolic OH excluding ortho intramolecular Hbond substituents is 1. The van der Waals surface area contributed by atoms with Crippen molar-refractivity contribution in [3.05, 3.63) is 29.8 Å². The van der Waals surface area contributed by atoms with Crippen molar-refractivity contribution in [1.82, 2.24) is 0 Å². The van der Waals surface area contributed by atoms with Gasteiger partial charge < -0.3 is 10.8 Å². The lowest BCUT2D eigenvalue weighted by Crippen LogP contribution is -2.12. The van der Waals surface area contributed by atoms with Gasteiger partial charge >= 0.3 is 0 Å². The van der Waals surface area contributed by atoms with Gasteiger partial charge in [-0.05, 0) is 36.6 Å². The van der Waals surface area contributed by atoms with Gasteiger partial charge in [-0.25, -0.2) is 0 Å². The van der Waals surface area contributed by atoms with E-state index in [9.17, 15) is 0 Å². The van der Waals surface area contributed by atoms with E-state index in [2.05, 4.69) is 6.92 Å². The monoisotopic (exact) mass is 165 g/mol. The quantitative estimate of drug-likeness (QED) is 0.713. The summed E-state index contributed by atoms with van der Waals surface area (Å²) in [6.07, 6.45) is 0.983. The van der Waals surface area contributed by atoms with Gasteiger partial charge in [-0.15, -0.1) is 0 Å². The number of benzene rings is 1. The van der Waals surface area contributed by atoms with Crippen LogP contribution in [0.15, 0.2) is 24.3 Å². The molecule has 0 aliphatic rings. The Bertz CT molecular complexity index is 230. The minimum atomic E-state index is 0.319. The van der Waals surface area contributed by atoms with E-state index in [-0.39, 0.29) is 0 Å². The number of hydrogen-bond acceptors (Lipinski definition) is 2. The third-order valence-electron chi connectivity index (χ3n) is 1.92. The molecule has 1 atom stereocenters. The zero-order chi connectivity index (χ0) is 8.97. The van der Waals surface area contributed by atoms with Crippen LogP contribution in [0, 0.1) is 5.92 Å². The van der Waals surface area contributed by atoms with Gasteiger partial charge in [0.05, 0.1) is 0 Å². The first kappa shape index (κ1) is 9.07. The predicted molar refractivity (Wildman–Crippen MR) is 50.0 cm³/mol. The first-order chi connectivity index (χ1) is 5.72. The Kier molecular flexibility index (Phi) is 3.11. The molecule has 0 aromatic heterocycles. The van der Waals surface area contributed by atoms with Crippen LogP contribution in [-0.2, 0) is 6.42 Å². The maximum absolute atomic E-state index is 9.02. The molecule has 1 aromatic carbocycles. The molecule has 0 amide bonds. The van der Waals surface area contributed by atoms with Gasteiger partial charge in [0.15, 0.2) is 0 Å². The molecule has 66 valence electrons. The summed E-state index contributed by atoms with van der Waals surface area (Å²) in [5.41, 5.74) is 6.73. The van der Waals surface area contributed by atoms with Crippen LogP contribution in [0.4, 0.5) is 0 Å². The van der Waals surface area contributed by atoms with Gasteiger partial charge in [0.25, 0.3) is 0 Å². The smallest absolute Gasteiger partial charge is 0.115 e. The summed E-state index contributed by atoms with van der Waals surface area (Å²) in [5.74, 6) is 0.827. The Morgan fingerprint density at radius 3 is 2.42 bits per heavy atom. The summed E-state index contributed by atoms with van der Waals surface area (Å²) in [6.45, 7) is 2.83. The minimum absolute atomic E-state index is 0.319. The maximum atomic E-state index is 9.02. The van der Waals surface area contributed by atoms with Crippen LogP contribution in [-0.4, -0.2) is 11.7 Å². The van der Waals surface area contributed by atoms with Crippen LogP contribution in [0.2, 0.25) is 0 Å². The van der Waals surface area contributed by atoms with Crippen LogP contribution < -0.4 is 5.73 Å². The van der Waals surface area contributed by atoms with Gasteiger partial charge in [0.2, 0.25) is 0 Å². The zero-order valence-corrected chi connectivity index (χ0v) is 7.33. The van der Waals surface area contributed by atoms with Gasteiger partial charge in [0.1, 0.15) is 5.75 Å². The summed E-state index contributed by atoms with van der Waals surface area (Å²) in [4.78, 5) is 0. The standard InChI is InChI=1S/C10H15NO/c1-8(7-11)6-9-2-4-10(12)5-3-9/h2-5,8,12H,6-7,11H2,1H3. The molecule has 0 saturated heterocycles. The Morgan fingerprint density at radius 2 is 1.92 bits per heavy atom. The second-order valence-corrected chi connectivity index (χ2v) is 3.21. The molecule has 1 unspecified atom stereocenters. The lowest BCUT2D eigenvalue weighted by atomic mass is 10.0. The second-order valence-electron chi connectivity index (χ2n) is 3.21. The lowest BCUT2D eigenvalue weighted by molar-refractivity contribution is 0.474. The third-order valence-corrected chi connectivity index (χ3v) is 1.92. The van der Waals surface area contributed by atoms with E-state index in [1.807, 2.05) is 12.1 Å². The molecule has 0 fully saturated rings. The van der Waals surface area contributed by atoms with E-state index < -0.39 is 0 Å². The molecule has 0 saturated carbocycles. The SMILES string of the molecule is CC(CN)Cc1ccc(O)cc1. The molecule has 2 heteroatoms. The number of aromatic hydroxyl groups is 1. The molecule has 0 spiro atoms. The van der Waals surface area contributed by atoms with Crippen molar-refractivity contribution in [3.8, 4) is 5.75 Å². The second kappa shape index (κ2) is 4.12. The highest BCUT2D eigenvalue weighted by molar-refractivity contribution is 5.26. The average molecular weight is 165 g/mol. The molecule has 0 aliphatic carbocycles. The van der Waals surface area contributed by atoms with Gasteiger partial charge in [-0.1, -0.05) is 19.1 Å². The van der Waals surface area contributed by atoms with Crippen LogP contribution in [0.25, 0.3) is 0 Å². The molecule has 0 radical (unpaired) electrons. The number of hydrogen-bond donors (Lipinski definition) is 2. The van der Waals surface area contributed by atoms with Gasteiger partial charge in [0, 0.05) is 0 Å². The minimum Gasteiger partial charge on any atom is -0.508 e. The van der Waals surface area contributed by atoms with Crippen LogP contribution in [0.1, 0.15) is 12.5 Å². The molecule has 0 bridgehead atoms. The fourth-order valence-electron chi connectivity index (χ4n) is 1.12. The first-order valence-electron chi connectivity index (χ1n) is 4.20. The fraction of sp³-hybridized carbons (Fsp3) is 0.400. The summed E-state index contributed by atoms with van der Waals surface area (Å²) in [6, 6.07) is 7.28. The third kappa shape index (κ3) is 2.55. The van der Waals surface area contributed by atoms with Crippen molar-refractivity contribution in [2.75, 3.05) is 6.54 Å². The molecule has 1 aromatic rings. The highest BCUT2D eigenvalue weighted by Gasteiger charge is 2.00. The number of rotatable bonds is 3. The van der Waals surface area contributed by atoms with E-state index in [0.717, 1.165) is 6.42 Å². The van der Waals surface area contributed by atoms with Crippen molar-refractivity contribution in [2.45, 2.75) is 13.3 Å². The maximum Gasteiger partial charge on any atom is 0.115 e. The van der Waals surface area contributed by atoms with Crippen LogP contribution in [0.5, 0.6) is 5.75 Å². The molecule has 2 nitrogen and oxygen atoms in total.